The van der Waals surface area contributed by atoms with Crippen molar-refractivity contribution in [2.24, 2.45) is 0 Å². The molecule has 0 amide bonds. The van der Waals surface area contributed by atoms with E-state index in [9.17, 15) is 10.1 Å². The molecule has 0 aliphatic carbocycles. The van der Waals surface area contributed by atoms with Crippen LogP contribution in [-0.4, -0.2) is 28.1 Å². The van der Waals surface area contributed by atoms with Gasteiger partial charge in [-0.15, -0.1) is 0 Å². The number of imidazole rings is 1. The van der Waals surface area contributed by atoms with Crippen molar-refractivity contribution in [3.63, 3.8) is 0 Å². The summed E-state index contributed by atoms with van der Waals surface area (Å²) in [5.41, 5.74) is 0.778. The summed E-state index contributed by atoms with van der Waals surface area (Å²) in [4.78, 5) is 14.3. The molecule has 1 atom stereocenters. The second-order valence-corrected chi connectivity index (χ2v) is 3.80. The SMILES string of the molecule is CNCC1CCCn2cnc([N+](=O)[O-])c21. The minimum Gasteiger partial charge on any atom is -0.358 e. The summed E-state index contributed by atoms with van der Waals surface area (Å²) >= 11 is 0. The monoisotopic (exact) mass is 210 g/mol. The lowest BCUT2D eigenvalue weighted by molar-refractivity contribution is -0.390. The van der Waals surface area contributed by atoms with E-state index in [0.717, 1.165) is 31.6 Å². The van der Waals surface area contributed by atoms with Crippen molar-refractivity contribution in [1.82, 2.24) is 14.9 Å². The van der Waals surface area contributed by atoms with Crippen LogP contribution in [0.5, 0.6) is 0 Å². The van der Waals surface area contributed by atoms with Crippen molar-refractivity contribution < 1.29 is 4.92 Å². The molecule has 1 aromatic heterocycles. The summed E-state index contributed by atoms with van der Waals surface area (Å²) in [6, 6.07) is 0. The van der Waals surface area contributed by atoms with E-state index in [1.54, 1.807) is 6.33 Å². The summed E-state index contributed by atoms with van der Waals surface area (Å²) in [5, 5.41) is 13.9. The molecule has 0 saturated heterocycles. The summed E-state index contributed by atoms with van der Waals surface area (Å²) in [6.07, 6.45) is 3.63. The number of rotatable bonds is 3. The second kappa shape index (κ2) is 3.98. The molecular formula is C9H14N4O2. The van der Waals surface area contributed by atoms with Crippen LogP contribution < -0.4 is 5.32 Å². The maximum absolute atomic E-state index is 10.8. The Bertz CT molecular complexity index is 374. The van der Waals surface area contributed by atoms with Gasteiger partial charge in [0.25, 0.3) is 0 Å². The molecule has 6 heteroatoms. The predicted molar refractivity (Wildman–Crippen MR) is 54.8 cm³/mol. The number of hydrogen-bond donors (Lipinski definition) is 1. The van der Waals surface area contributed by atoms with E-state index in [1.165, 1.54) is 0 Å². The maximum Gasteiger partial charge on any atom is 0.385 e. The Hall–Kier alpha value is -1.43. The Kier molecular flexibility index (Phi) is 2.68. The van der Waals surface area contributed by atoms with Gasteiger partial charge in [-0.2, -0.15) is 0 Å². The smallest absolute Gasteiger partial charge is 0.358 e. The minimum atomic E-state index is -0.389. The van der Waals surface area contributed by atoms with Crippen LogP contribution in [0.4, 0.5) is 5.82 Å². The first-order valence-electron chi connectivity index (χ1n) is 5.08. The lowest BCUT2D eigenvalue weighted by Crippen LogP contribution is -2.24. The number of nitrogens with one attached hydrogen (secondary N) is 1. The first kappa shape index (κ1) is 10.1. The van der Waals surface area contributed by atoms with Gasteiger partial charge in [0.1, 0.15) is 5.69 Å². The Balaban J connectivity index is 2.38. The van der Waals surface area contributed by atoms with Gasteiger partial charge in [-0.3, -0.25) is 0 Å². The van der Waals surface area contributed by atoms with Crippen molar-refractivity contribution in [2.45, 2.75) is 25.3 Å². The number of hydrogen-bond acceptors (Lipinski definition) is 4. The van der Waals surface area contributed by atoms with Crippen LogP contribution in [0.25, 0.3) is 0 Å². The van der Waals surface area contributed by atoms with Gasteiger partial charge in [0.15, 0.2) is 0 Å². The molecule has 0 fully saturated rings. The fraction of sp³-hybridized carbons (Fsp3) is 0.667. The quantitative estimate of drug-likeness (QED) is 0.594. The Morgan fingerprint density at radius 1 is 1.80 bits per heavy atom. The first-order valence-corrected chi connectivity index (χ1v) is 5.08. The third-order valence-electron chi connectivity index (χ3n) is 2.82. The van der Waals surface area contributed by atoms with E-state index in [4.69, 9.17) is 0 Å². The zero-order chi connectivity index (χ0) is 10.8. The normalized spacial score (nSPS) is 19.9. The van der Waals surface area contributed by atoms with E-state index >= 15 is 0 Å². The molecule has 82 valence electrons. The largest absolute Gasteiger partial charge is 0.385 e. The summed E-state index contributed by atoms with van der Waals surface area (Å²) in [7, 11) is 1.86. The van der Waals surface area contributed by atoms with Crippen LogP contribution in [0, 0.1) is 10.1 Å². The molecular weight excluding hydrogens is 196 g/mol. The van der Waals surface area contributed by atoms with Crippen molar-refractivity contribution in [3.8, 4) is 0 Å². The summed E-state index contributed by atoms with van der Waals surface area (Å²) < 4.78 is 1.91. The van der Waals surface area contributed by atoms with Gasteiger partial charge in [0.05, 0.1) is 0 Å². The molecule has 1 N–H and O–H groups in total. The standard InChI is InChI=1S/C9H14N4O2/c1-10-5-7-3-2-4-12-6-11-9(8(7)12)13(14)15/h6-7,10H,2-5H2,1H3. The number of nitrogens with zero attached hydrogens (tertiary/aromatic N) is 3. The van der Waals surface area contributed by atoms with Crippen molar-refractivity contribution in [1.29, 1.82) is 0 Å². The highest BCUT2D eigenvalue weighted by molar-refractivity contribution is 5.32. The lowest BCUT2D eigenvalue weighted by atomic mass is 9.95. The van der Waals surface area contributed by atoms with E-state index in [0.29, 0.717) is 0 Å². The predicted octanol–water partition coefficient (Wildman–Crippen LogP) is 0.888. The fourth-order valence-corrected chi connectivity index (χ4v) is 2.21. The van der Waals surface area contributed by atoms with Gasteiger partial charge >= 0.3 is 5.82 Å². The van der Waals surface area contributed by atoms with Gasteiger partial charge in [0.2, 0.25) is 6.33 Å². The average Bonchev–Trinajstić information content (AvgIpc) is 2.62. The third-order valence-corrected chi connectivity index (χ3v) is 2.82. The molecule has 2 rings (SSSR count). The molecule has 1 unspecified atom stereocenters. The molecule has 1 aliphatic rings. The van der Waals surface area contributed by atoms with Gasteiger partial charge in [-0.05, 0) is 29.8 Å². The third kappa shape index (κ3) is 1.72. The minimum absolute atomic E-state index is 0.0231. The second-order valence-electron chi connectivity index (χ2n) is 3.80. The van der Waals surface area contributed by atoms with E-state index in [-0.39, 0.29) is 16.7 Å². The maximum atomic E-state index is 10.8. The van der Waals surface area contributed by atoms with Gasteiger partial charge in [-0.1, -0.05) is 0 Å². The molecule has 15 heavy (non-hydrogen) atoms. The fourth-order valence-electron chi connectivity index (χ4n) is 2.21. The highest BCUT2D eigenvalue weighted by Crippen LogP contribution is 2.32. The zero-order valence-electron chi connectivity index (χ0n) is 8.64. The average molecular weight is 210 g/mol. The van der Waals surface area contributed by atoms with Crippen molar-refractivity contribution >= 4 is 5.82 Å². The number of aryl methyl sites for hydroxylation is 1. The molecule has 0 bridgehead atoms. The molecule has 0 saturated carbocycles. The molecule has 6 nitrogen and oxygen atoms in total. The summed E-state index contributed by atoms with van der Waals surface area (Å²) in [5.74, 6) is 0.238. The molecule has 0 radical (unpaired) electrons. The molecule has 0 spiro atoms. The molecule has 1 aromatic rings. The highest BCUT2D eigenvalue weighted by atomic mass is 16.6. The van der Waals surface area contributed by atoms with Crippen molar-refractivity contribution in [2.75, 3.05) is 13.6 Å². The van der Waals surface area contributed by atoms with E-state index in [1.807, 2.05) is 11.6 Å². The number of nitro groups is 1. The van der Waals surface area contributed by atoms with E-state index < -0.39 is 0 Å². The molecule has 1 aliphatic heterocycles. The lowest BCUT2D eigenvalue weighted by Gasteiger charge is -2.22. The van der Waals surface area contributed by atoms with Crippen LogP contribution in [0.1, 0.15) is 24.5 Å². The zero-order valence-corrected chi connectivity index (χ0v) is 8.64. The highest BCUT2D eigenvalue weighted by Gasteiger charge is 2.30. The molecule has 0 aromatic carbocycles. The Morgan fingerprint density at radius 2 is 2.60 bits per heavy atom. The number of aromatic nitrogens is 2. The van der Waals surface area contributed by atoms with Crippen LogP contribution in [0.3, 0.4) is 0 Å². The van der Waals surface area contributed by atoms with Gasteiger partial charge in [-0.25, -0.2) is 0 Å². The Labute approximate surface area is 87.5 Å². The topological polar surface area (TPSA) is 73.0 Å². The number of likely N-dealkylation sites (N-methyl/N-ethyl adjacent to an activating group) is 1. The van der Waals surface area contributed by atoms with E-state index in [2.05, 4.69) is 10.3 Å². The number of fused-ring (bicyclic) bond motifs is 1. The van der Waals surface area contributed by atoms with Crippen LogP contribution in [-0.2, 0) is 6.54 Å². The van der Waals surface area contributed by atoms with Crippen LogP contribution in [0.2, 0.25) is 0 Å². The van der Waals surface area contributed by atoms with Gasteiger partial charge in [0, 0.05) is 19.0 Å². The van der Waals surface area contributed by atoms with Crippen molar-refractivity contribution in [3.05, 3.63) is 22.1 Å². The Morgan fingerprint density at radius 3 is 3.27 bits per heavy atom. The van der Waals surface area contributed by atoms with Crippen LogP contribution >= 0.6 is 0 Å². The molecule has 2 heterocycles. The summed E-state index contributed by atoms with van der Waals surface area (Å²) in [6.45, 7) is 1.61. The van der Waals surface area contributed by atoms with Gasteiger partial charge < -0.3 is 20.0 Å². The van der Waals surface area contributed by atoms with Crippen LogP contribution in [0.15, 0.2) is 6.33 Å². The first-order chi connectivity index (χ1) is 7.24.